The van der Waals surface area contributed by atoms with Crippen LogP contribution in [0, 0.1) is 0 Å². The lowest BCUT2D eigenvalue weighted by Gasteiger charge is -2.31. The van der Waals surface area contributed by atoms with Gasteiger partial charge in [-0.2, -0.15) is 4.98 Å². The average Bonchev–Trinajstić information content (AvgIpc) is 3.17. The van der Waals surface area contributed by atoms with Crippen molar-refractivity contribution in [2.24, 2.45) is 0 Å². The summed E-state index contributed by atoms with van der Waals surface area (Å²) in [6, 6.07) is 11.2. The number of nitrogens with one attached hydrogen (secondary N) is 1. The van der Waals surface area contributed by atoms with Gasteiger partial charge in [-0.05, 0) is 48.7 Å². The molecule has 1 aliphatic heterocycles. The minimum Gasteiger partial charge on any atom is -0.497 e. The summed E-state index contributed by atoms with van der Waals surface area (Å²) < 4.78 is 7.03. The van der Waals surface area contributed by atoms with Crippen molar-refractivity contribution in [3.8, 4) is 17.1 Å². The predicted octanol–water partition coefficient (Wildman–Crippen LogP) is 3.37. The lowest BCUT2D eigenvalue weighted by atomic mass is 9.86. The van der Waals surface area contributed by atoms with Gasteiger partial charge in [-0.15, -0.1) is 5.10 Å². The van der Waals surface area contributed by atoms with Crippen molar-refractivity contribution in [1.29, 1.82) is 0 Å². The molecule has 0 unspecified atom stereocenters. The van der Waals surface area contributed by atoms with Crippen LogP contribution in [-0.4, -0.2) is 32.6 Å². The van der Waals surface area contributed by atoms with Crippen molar-refractivity contribution >= 4 is 11.7 Å². The molecule has 1 aliphatic carbocycles. The van der Waals surface area contributed by atoms with Crippen LogP contribution in [0.3, 0.4) is 0 Å². The fourth-order valence-electron chi connectivity index (χ4n) is 3.86. The molecule has 0 radical (unpaired) electrons. The molecule has 0 fully saturated rings. The van der Waals surface area contributed by atoms with Crippen molar-refractivity contribution in [3.05, 3.63) is 65.6 Å². The summed E-state index contributed by atoms with van der Waals surface area (Å²) in [6.07, 6.45) is 5.77. The van der Waals surface area contributed by atoms with Gasteiger partial charge in [0.05, 0.1) is 7.11 Å². The topological polar surface area (TPSA) is 81.9 Å². The molecule has 0 saturated heterocycles. The molecule has 0 saturated carbocycles. The number of rotatable bonds is 3. The minimum absolute atomic E-state index is 0.162. The second-order valence-electron chi connectivity index (χ2n) is 6.91. The van der Waals surface area contributed by atoms with Gasteiger partial charge in [-0.1, -0.05) is 6.07 Å². The van der Waals surface area contributed by atoms with Crippen molar-refractivity contribution in [3.63, 3.8) is 0 Å². The van der Waals surface area contributed by atoms with E-state index in [4.69, 9.17) is 14.8 Å². The van der Waals surface area contributed by atoms with E-state index < -0.39 is 0 Å². The lowest BCUT2D eigenvalue weighted by molar-refractivity contribution is -0.116. The van der Waals surface area contributed by atoms with Gasteiger partial charge in [0.15, 0.2) is 11.6 Å². The molecule has 0 amide bonds. The molecule has 3 aromatic rings. The Kier molecular flexibility index (Phi) is 3.93. The highest BCUT2D eigenvalue weighted by molar-refractivity contribution is 5.99. The molecule has 1 N–H and O–H groups in total. The van der Waals surface area contributed by atoms with Gasteiger partial charge < -0.3 is 10.1 Å². The number of carbonyl (C=O) groups excluding carboxylic acids is 1. The van der Waals surface area contributed by atoms with Gasteiger partial charge in [0.2, 0.25) is 5.95 Å². The molecule has 1 aromatic carbocycles. The van der Waals surface area contributed by atoms with Gasteiger partial charge in [0.1, 0.15) is 11.8 Å². The summed E-state index contributed by atoms with van der Waals surface area (Å²) in [5.74, 6) is 2.19. The van der Waals surface area contributed by atoms with Crippen molar-refractivity contribution < 1.29 is 9.53 Å². The Morgan fingerprint density at radius 1 is 1.18 bits per heavy atom. The maximum Gasteiger partial charge on any atom is 0.226 e. The van der Waals surface area contributed by atoms with Crippen LogP contribution in [0.1, 0.15) is 30.9 Å². The fourth-order valence-corrected chi connectivity index (χ4v) is 3.86. The summed E-state index contributed by atoms with van der Waals surface area (Å²) in [5, 5.41) is 8.09. The van der Waals surface area contributed by atoms with Crippen LogP contribution in [-0.2, 0) is 4.79 Å². The van der Waals surface area contributed by atoms with Crippen LogP contribution in [0.15, 0.2) is 60.1 Å². The number of allylic oxidation sites excluding steroid dienone is 2. The standard InChI is InChI=1S/C21H19N5O2/c1-28-15-9-7-13(8-10-15)20-24-21-23-16-5-2-6-17(27)18(16)19(26(21)25-20)14-4-3-11-22-12-14/h3-4,7-12,19H,2,5-6H2,1H3,(H,23,24,25)/t19-/m0/s1. The first-order valence-corrected chi connectivity index (χ1v) is 9.29. The van der Waals surface area contributed by atoms with Crippen LogP contribution in [0.25, 0.3) is 11.4 Å². The number of nitrogens with zero attached hydrogens (tertiary/aromatic N) is 4. The number of carbonyl (C=O) groups is 1. The number of fused-ring (bicyclic) bond motifs is 1. The van der Waals surface area contributed by atoms with Crippen LogP contribution >= 0.6 is 0 Å². The van der Waals surface area contributed by atoms with E-state index >= 15 is 0 Å². The van der Waals surface area contributed by atoms with Crippen LogP contribution in [0.4, 0.5) is 5.95 Å². The third-order valence-corrected chi connectivity index (χ3v) is 5.22. The molecule has 3 heterocycles. The summed E-state index contributed by atoms with van der Waals surface area (Å²) in [4.78, 5) is 21.7. The summed E-state index contributed by atoms with van der Waals surface area (Å²) >= 11 is 0. The molecule has 28 heavy (non-hydrogen) atoms. The Labute approximate surface area is 162 Å². The molecule has 2 aromatic heterocycles. The zero-order valence-corrected chi connectivity index (χ0v) is 15.4. The molecular weight excluding hydrogens is 354 g/mol. The van der Waals surface area contributed by atoms with Crippen molar-refractivity contribution in [2.75, 3.05) is 12.4 Å². The molecule has 5 rings (SSSR count). The number of aromatic nitrogens is 4. The first-order valence-electron chi connectivity index (χ1n) is 9.29. The van der Waals surface area contributed by atoms with E-state index in [1.165, 1.54) is 0 Å². The van der Waals surface area contributed by atoms with E-state index in [1.807, 2.05) is 36.4 Å². The Hall–Kier alpha value is -3.48. The van der Waals surface area contributed by atoms with E-state index in [-0.39, 0.29) is 11.8 Å². The minimum atomic E-state index is -0.313. The number of hydrogen-bond donors (Lipinski definition) is 1. The first-order chi connectivity index (χ1) is 13.7. The van der Waals surface area contributed by atoms with Crippen LogP contribution < -0.4 is 10.1 Å². The normalized spacial score (nSPS) is 18.3. The smallest absolute Gasteiger partial charge is 0.226 e. The van der Waals surface area contributed by atoms with E-state index in [2.05, 4.69) is 10.3 Å². The zero-order valence-electron chi connectivity index (χ0n) is 15.4. The Balaban J connectivity index is 1.63. The molecular formula is C21H19N5O2. The third kappa shape index (κ3) is 2.67. The van der Waals surface area contributed by atoms with Crippen LogP contribution in [0.2, 0.25) is 0 Å². The van der Waals surface area contributed by atoms with Gasteiger partial charge in [0, 0.05) is 35.6 Å². The largest absolute Gasteiger partial charge is 0.497 e. The molecule has 0 spiro atoms. The molecule has 7 nitrogen and oxygen atoms in total. The molecule has 0 bridgehead atoms. The number of benzene rings is 1. The van der Waals surface area contributed by atoms with Gasteiger partial charge in [-0.25, -0.2) is 4.68 Å². The Morgan fingerprint density at radius 3 is 2.79 bits per heavy atom. The van der Waals surface area contributed by atoms with Crippen molar-refractivity contribution in [1.82, 2.24) is 19.7 Å². The number of Topliss-reactive ketones (excluding diaryl/α,β-unsaturated/α-hetero) is 1. The first kappa shape index (κ1) is 16.7. The predicted molar refractivity (Wildman–Crippen MR) is 104 cm³/mol. The number of methoxy groups -OCH3 is 1. The van der Waals surface area contributed by atoms with E-state index in [9.17, 15) is 4.79 Å². The monoisotopic (exact) mass is 373 g/mol. The summed E-state index contributed by atoms with van der Waals surface area (Å²) in [6.45, 7) is 0. The number of pyridine rings is 1. The van der Waals surface area contributed by atoms with Crippen molar-refractivity contribution in [2.45, 2.75) is 25.3 Å². The lowest BCUT2D eigenvalue weighted by Crippen LogP contribution is -2.31. The van der Waals surface area contributed by atoms with Crippen LogP contribution in [0.5, 0.6) is 5.75 Å². The highest BCUT2D eigenvalue weighted by Crippen LogP contribution is 2.40. The quantitative estimate of drug-likeness (QED) is 0.758. The molecule has 7 heteroatoms. The second kappa shape index (κ2) is 6.60. The molecule has 140 valence electrons. The van der Waals surface area contributed by atoms with E-state index in [1.54, 1.807) is 24.2 Å². The van der Waals surface area contributed by atoms with E-state index in [0.717, 1.165) is 41.0 Å². The maximum absolute atomic E-state index is 12.8. The Morgan fingerprint density at radius 2 is 2.04 bits per heavy atom. The van der Waals surface area contributed by atoms with E-state index in [0.29, 0.717) is 18.2 Å². The molecule has 2 aliphatic rings. The molecule has 1 atom stereocenters. The maximum atomic E-state index is 12.8. The number of hydrogen-bond acceptors (Lipinski definition) is 6. The summed E-state index contributed by atoms with van der Waals surface area (Å²) in [7, 11) is 1.64. The third-order valence-electron chi connectivity index (χ3n) is 5.22. The van der Waals surface area contributed by atoms with Gasteiger partial charge >= 0.3 is 0 Å². The summed E-state index contributed by atoms with van der Waals surface area (Å²) in [5.41, 5.74) is 3.54. The second-order valence-corrected chi connectivity index (χ2v) is 6.91. The SMILES string of the molecule is COc1ccc(-c2nc3n(n2)[C@@H](c2cccnc2)C2=C(CCCC2=O)N3)cc1. The average molecular weight is 373 g/mol. The highest BCUT2D eigenvalue weighted by Gasteiger charge is 2.36. The number of ketones is 1. The number of anilines is 1. The highest BCUT2D eigenvalue weighted by atomic mass is 16.5. The fraction of sp³-hybridized carbons (Fsp3) is 0.238. The van der Waals surface area contributed by atoms with Gasteiger partial charge in [-0.3, -0.25) is 9.78 Å². The zero-order chi connectivity index (χ0) is 19.1. The Bertz CT molecular complexity index is 1070. The number of ether oxygens (including phenoxy) is 1. The van der Waals surface area contributed by atoms with Gasteiger partial charge in [0.25, 0.3) is 0 Å².